The maximum atomic E-state index is 5.66. The average molecular weight is 378 g/mol. The summed E-state index contributed by atoms with van der Waals surface area (Å²) in [6.45, 7) is 6.63. The number of piperazine rings is 1. The predicted molar refractivity (Wildman–Crippen MR) is 111 cm³/mol. The molecule has 1 aliphatic rings. The quantitative estimate of drug-likeness (QED) is 0.676. The first kappa shape index (κ1) is 18.4. The van der Waals surface area contributed by atoms with Gasteiger partial charge >= 0.3 is 0 Å². The van der Waals surface area contributed by atoms with Crippen molar-refractivity contribution in [1.82, 2.24) is 19.9 Å². The highest BCUT2D eigenvalue weighted by molar-refractivity contribution is 5.52. The Hall–Kier alpha value is -2.93. The van der Waals surface area contributed by atoms with E-state index < -0.39 is 0 Å². The molecule has 0 saturated carbocycles. The second kappa shape index (κ2) is 7.98. The van der Waals surface area contributed by atoms with Gasteiger partial charge in [-0.2, -0.15) is 4.98 Å². The molecule has 1 saturated heterocycles. The third kappa shape index (κ3) is 4.14. The van der Waals surface area contributed by atoms with Gasteiger partial charge in [0.1, 0.15) is 12.1 Å². The fraction of sp³-hybridized carbons (Fsp3) is 0.381. The molecule has 7 nitrogen and oxygen atoms in total. The first-order valence-electron chi connectivity index (χ1n) is 9.58. The Bertz CT molecular complexity index is 916. The van der Waals surface area contributed by atoms with Gasteiger partial charge in [-0.1, -0.05) is 18.2 Å². The second-order valence-electron chi connectivity index (χ2n) is 7.34. The number of rotatable bonds is 5. The molecule has 1 aromatic carbocycles. The fourth-order valence-corrected chi connectivity index (χ4v) is 3.36. The smallest absolute Gasteiger partial charge is 0.226 e. The summed E-state index contributed by atoms with van der Waals surface area (Å²) in [4.78, 5) is 20.5. The number of hydrogen-bond donors (Lipinski definition) is 0. The van der Waals surface area contributed by atoms with Gasteiger partial charge < -0.3 is 14.2 Å². The summed E-state index contributed by atoms with van der Waals surface area (Å²) in [5, 5.41) is 0. The molecule has 0 atom stereocenters. The third-order valence-corrected chi connectivity index (χ3v) is 4.88. The summed E-state index contributed by atoms with van der Waals surface area (Å²) in [6, 6.07) is 12.1. The van der Waals surface area contributed by atoms with Gasteiger partial charge in [0.25, 0.3) is 0 Å². The number of oxazole rings is 1. The van der Waals surface area contributed by atoms with E-state index in [1.165, 1.54) is 0 Å². The summed E-state index contributed by atoms with van der Waals surface area (Å²) in [5.41, 5.74) is 2.97. The molecule has 0 aliphatic carbocycles. The lowest BCUT2D eigenvalue weighted by Gasteiger charge is -2.35. The second-order valence-corrected chi connectivity index (χ2v) is 7.34. The van der Waals surface area contributed by atoms with Crippen molar-refractivity contribution in [2.75, 3.05) is 50.1 Å². The molecule has 2 aromatic heterocycles. The van der Waals surface area contributed by atoms with Crippen LogP contribution in [0, 0.1) is 6.92 Å². The number of benzene rings is 1. The van der Waals surface area contributed by atoms with Gasteiger partial charge in [0.05, 0.1) is 5.69 Å². The van der Waals surface area contributed by atoms with Crippen molar-refractivity contribution >= 4 is 11.8 Å². The molecule has 3 heterocycles. The maximum absolute atomic E-state index is 5.66. The molecule has 0 spiro atoms. The Morgan fingerprint density at radius 3 is 2.46 bits per heavy atom. The largest absolute Gasteiger partial charge is 0.444 e. The van der Waals surface area contributed by atoms with Gasteiger partial charge in [0.2, 0.25) is 11.8 Å². The van der Waals surface area contributed by atoms with Gasteiger partial charge in [-0.25, -0.2) is 9.97 Å². The lowest BCUT2D eigenvalue weighted by Crippen LogP contribution is -2.46. The molecular formula is C21H26N6O. The SMILES string of the molecule is Cc1cc(N2CCN(Cc3coc(-c4ccccc4)n3)CC2)nc(N(C)C)n1. The highest BCUT2D eigenvalue weighted by Crippen LogP contribution is 2.21. The highest BCUT2D eigenvalue weighted by atomic mass is 16.3. The fourth-order valence-electron chi connectivity index (χ4n) is 3.36. The highest BCUT2D eigenvalue weighted by Gasteiger charge is 2.20. The van der Waals surface area contributed by atoms with Crippen LogP contribution in [-0.2, 0) is 6.54 Å². The minimum absolute atomic E-state index is 0.682. The van der Waals surface area contributed by atoms with E-state index in [9.17, 15) is 0 Å². The summed E-state index contributed by atoms with van der Waals surface area (Å²) in [5.74, 6) is 2.44. The van der Waals surface area contributed by atoms with E-state index in [0.29, 0.717) is 5.89 Å². The summed E-state index contributed by atoms with van der Waals surface area (Å²) in [7, 11) is 3.94. The molecular weight excluding hydrogens is 352 g/mol. The van der Waals surface area contributed by atoms with Crippen molar-refractivity contribution in [3.05, 3.63) is 54.0 Å². The summed E-state index contributed by atoms with van der Waals surface area (Å²) < 4.78 is 5.66. The van der Waals surface area contributed by atoms with Gasteiger partial charge in [0, 0.05) is 64.1 Å². The van der Waals surface area contributed by atoms with E-state index >= 15 is 0 Å². The van der Waals surface area contributed by atoms with Crippen LogP contribution in [0.5, 0.6) is 0 Å². The van der Waals surface area contributed by atoms with Crippen LogP contribution in [0.2, 0.25) is 0 Å². The number of aromatic nitrogens is 3. The van der Waals surface area contributed by atoms with Gasteiger partial charge in [0.15, 0.2) is 0 Å². The number of hydrogen-bond acceptors (Lipinski definition) is 7. The van der Waals surface area contributed by atoms with Gasteiger partial charge in [-0.3, -0.25) is 4.90 Å². The lowest BCUT2D eigenvalue weighted by molar-refractivity contribution is 0.246. The Labute approximate surface area is 165 Å². The Kier molecular flexibility index (Phi) is 5.25. The minimum Gasteiger partial charge on any atom is -0.444 e. The molecule has 0 amide bonds. The monoisotopic (exact) mass is 378 g/mol. The topological polar surface area (TPSA) is 61.5 Å². The van der Waals surface area contributed by atoms with Crippen LogP contribution in [0.4, 0.5) is 11.8 Å². The Morgan fingerprint density at radius 1 is 1.00 bits per heavy atom. The standard InChI is InChI=1S/C21H26N6O/c1-16-13-19(24-21(22-16)25(2)3)27-11-9-26(10-12-27)14-18-15-28-20(23-18)17-7-5-4-6-8-17/h4-8,13,15H,9-12,14H2,1-3H3. The molecule has 3 aromatic rings. The van der Waals surface area contributed by atoms with Crippen molar-refractivity contribution in [2.45, 2.75) is 13.5 Å². The van der Waals surface area contributed by atoms with E-state index in [0.717, 1.165) is 61.4 Å². The minimum atomic E-state index is 0.682. The van der Waals surface area contributed by atoms with E-state index in [1.54, 1.807) is 6.26 Å². The van der Waals surface area contributed by atoms with Gasteiger partial charge in [-0.05, 0) is 19.1 Å². The molecule has 0 radical (unpaired) electrons. The average Bonchev–Trinajstić information content (AvgIpc) is 3.17. The van der Waals surface area contributed by atoms with Crippen molar-refractivity contribution in [3.8, 4) is 11.5 Å². The van der Waals surface area contributed by atoms with Gasteiger partial charge in [-0.15, -0.1) is 0 Å². The normalized spacial score (nSPS) is 15.0. The van der Waals surface area contributed by atoms with Crippen molar-refractivity contribution in [1.29, 1.82) is 0 Å². The predicted octanol–water partition coefficient (Wildman–Crippen LogP) is 2.83. The molecule has 28 heavy (non-hydrogen) atoms. The Balaban J connectivity index is 1.37. The van der Waals surface area contributed by atoms with Crippen LogP contribution in [0.1, 0.15) is 11.4 Å². The van der Waals surface area contributed by atoms with Crippen LogP contribution in [0.25, 0.3) is 11.5 Å². The molecule has 0 bridgehead atoms. The van der Waals surface area contributed by atoms with E-state index in [2.05, 4.69) is 25.8 Å². The molecule has 1 aliphatic heterocycles. The maximum Gasteiger partial charge on any atom is 0.226 e. The molecule has 1 fully saturated rings. The van der Waals surface area contributed by atoms with Crippen LogP contribution in [-0.4, -0.2) is 60.1 Å². The third-order valence-electron chi connectivity index (χ3n) is 4.88. The van der Waals surface area contributed by atoms with Crippen LogP contribution < -0.4 is 9.80 Å². The lowest BCUT2D eigenvalue weighted by atomic mass is 10.2. The number of aryl methyl sites for hydroxylation is 1. The molecule has 0 unspecified atom stereocenters. The molecule has 146 valence electrons. The van der Waals surface area contributed by atoms with E-state index in [4.69, 9.17) is 9.40 Å². The van der Waals surface area contributed by atoms with Crippen molar-refractivity contribution in [2.24, 2.45) is 0 Å². The van der Waals surface area contributed by atoms with Crippen molar-refractivity contribution < 1.29 is 4.42 Å². The molecule has 4 rings (SSSR count). The van der Waals surface area contributed by atoms with Crippen LogP contribution >= 0.6 is 0 Å². The first-order valence-corrected chi connectivity index (χ1v) is 9.58. The number of nitrogens with zero attached hydrogens (tertiary/aromatic N) is 6. The van der Waals surface area contributed by atoms with Crippen LogP contribution in [0.15, 0.2) is 47.1 Å². The van der Waals surface area contributed by atoms with E-state index in [1.807, 2.05) is 56.3 Å². The Morgan fingerprint density at radius 2 is 1.75 bits per heavy atom. The van der Waals surface area contributed by atoms with Crippen LogP contribution in [0.3, 0.4) is 0 Å². The van der Waals surface area contributed by atoms with Crippen molar-refractivity contribution in [3.63, 3.8) is 0 Å². The zero-order valence-corrected chi connectivity index (χ0v) is 16.7. The number of anilines is 2. The molecule has 7 heteroatoms. The first-order chi connectivity index (χ1) is 13.6. The zero-order valence-electron chi connectivity index (χ0n) is 16.7. The summed E-state index contributed by atoms with van der Waals surface area (Å²) >= 11 is 0. The summed E-state index contributed by atoms with van der Waals surface area (Å²) in [6.07, 6.45) is 1.77. The molecule has 0 N–H and O–H groups in total. The zero-order chi connectivity index (χ0) is 19.5. The van der Waals surface area contributed by atoms with E-state index in [-0.39, 0.29) is 0 Å².